The van der Waals surface area contributed by atoms with E-state index >= 15 is 0 Å². The molecule has 8 nitrogen and oxygen atoms in total. The molecule has 3 N–H and O–H groups in total. The van der Waals surface area contributed by atoms with E-state index in [9.17, 15) is 4.79 Å². The van der Waals surface area contributed by atoms with Gasteiger partial charge in [-0.05, 0) is 31.2 Å². The van der Waals surface area contributed by atoms with Gasteiger partial charge in [-0.2, -0.15) is 9.67 Å². The highest BCUT2D eigenvalue weighted by molar-refractivity contribution is 5.97. The summed E-state index contributed by atoms with van der Waals surface area (Å²) in [6.07, 6.45) is 0. The maximum absolute atomic E-state index is 12.6. The molecule has 2 aromatic carbocycles. The van der Waals surface area contributed by atoms with Gasteiger partial charge in [-0.25, -0.2) is 0 Å². The fourth-order valence-electron chi connectivity index (χ4n) is 2.68. The minimum Gasteiger partial charge on any atom is -0.486 e. The van der Waals surface area contributed by atoms with Gasteiger partial charge in [0, 0.05) is 17.3 Å². The molecule has 2 heterocycles. The predicted octanol–water partition coefficient (Wildman–Crippen LogP) is 2.37. The lowest BCUT2D eigenvalue weighted by Gasteiger charge is -2.18. The normalized spacial score (nSPS) is 12.7. The molecule has 0 saturated heterocycles. The van der Waals surface area contributed by atoms with E-state index < -0.39 is 0 Å². The van der Waals surface area contributed by atoms with E-state index in [1.54, 1.807) is 24.3 Å². The predicted molar refractivity (Wildman–Crippen MR) is 96.1 cm³/mol. The summed E-state index contributed by atoms with van der Waals surface area (Å²) in [4.78, 5) is 16.7. The molecule has 132 valence electrons. The van der Waals surface area contributed by atoms with Gasteiger partial charge in [-0.15, -0.1) is 5.10 Å². The molecule has 0 unspecified atom stereocenters. The average molecular weight is 351 g/mol. The zero-order valence-electron chi connectivity index (χ0n) is 14.1. The number of ether oxygens (including phenoxy) is 2. The van der Waals surface area contributed by atoms with E-state index in [0.29, 0.717) is 36.0 Å². The van der Waals surface area contributed by atoms with Crippen molar-refractivity contribution in [2.75, 3.05) is 24.3 Å². The third-order valence-corrected chi connectivity index (χ3v) is 3.89. The number of rotatable bonds is 3. The first kappa shape index (κ1) is 15.9. The summed E-state index contributed by atoms with van der Waals surface area (Å²) in [7, 11) is 0. The van der Waals surface area contributed by atoms with E-state index in [1.807, 2.05) is 25.1 Å². The number of aryl methyl sites for hydroxylation is 1. The number of hydrogen-bond donors (Lipinski definition) is 2. The van der Waals surface area contributed by atoms with Crippen molar-refractivity contribution < 1.29 is 14.3 Å². The third-order valence-electron chi connectivity index (χ3n) is 3.89. The van der Waals surface area contributed by atoms with Gasteiger partial charge in [0.1, 0.15) is 13.2 Å². The van der Waals surface area contributed by atoms with Gasteiger partial charge in [0.2, 0.25) is 11.9 Å². The van der Waals surface area contributed by atoms with Crippen molar-refractivity contribution in [3.63, 3.8) is 0 Å². The number of anilines is 3. The maximum Gasteiger partial charge on any atom is 0.281 e. The topological polar surface area (TPSA) is 104 Å². The number of hydrogen-bond acceptors (Lipinski definition) is 7. The largest absolute Gasteiger partial charge is 0.486 e. The number of nitrogens with two attached hydrogens (primary N) is 1. The molecule has 0 radical (unpaired) electrons. The molecule has 3 aromatic rings. The minimum atomic E-state index is -0.339. The lowest BCUT2D eigenvalue weighted by molar-refractivity contribution is 0.0948. The van der Waals surface area contributed by atoms with Crippen LogP contribution in [-0.4, -0.2) is 33.9 Å². The van der Waals surface area contributed by atoms with Crippen LogP contribution in [0.15, 0.2) is 42.5 Å². The van der Waals surface area contributed by atoms with Gasteiger partial charge in [-0.3, -0.25) is 4.79 Å². The second-order valence-electron chi connectivity index (χ2n) is 5.86. The molecule has 0 spiro atoms. The van der Waals surface area contributed by atoms with Crippen molar-refractivity contribution in [3.8, 4) is 11.5 Å². The van der Waals surface area contributed by atoms with Crippen LogP contribution in [0.5, 0.6) is 11.5 Å². The molecule has 1 aliphatic heterocycles. The third kappa shape index (κ3) is 3.04. The van der Waals surface area contributed by atoms with Gasteiger partial charge in [0.25, 0.3) is 5.91 Å². The lowest BCUT2D eigenvalue weighted by Crippen LogP contribution is -2.16. The standard InChI is InChI=1S/C18H17N5O3/c1-11-3-2-4-12(9-11)16(24)23-17(19)21-18(22-23)20-13-5-6-14-15(10-13)26-8-7-25-14/h2-6,9-10H,7-8H2,1H3,(H3,19,20,21,22). The minimum absolute atomic E-state index is 0.0107. The molecular weight excluding hydrogens is 334 g/mol. The van der Waals surface area contributed by atoms with Crippen LogP contribution >= 0.6 is 0 Å². The lowest BCUT2D eigenvalue weighted by atomic mass is 10.1. The van der Waals surface area contributed by atoms with Crippen LogP contribution in [0.3, 0.4) is 0 Å². The van der Waals surface area contributed by atoms with Crippen molar-refractivity contribution >= 4 is 23.5 Å². The number of benzene rings is 2. The molecule has 1 aromatic heterocycles. The number of nitrogens with one attached hydrogen (secondary N) is 1. The van der Waals surface area contributed by atoms with Gasteiger partial charge < -0.3 is 20.5 Å². The van der Waals surface area contributed by atoms with E-state index in [2.05, 4.69) is 15.4 Å². The maximum atomic E-state index is 12.6. The molecule has 0 bridgehead atoms. The Hall–Kier alpha value is -3.55. The number of nitrogen functional groups attached to an aromatic ring is 1. The molecule has 0 fully saturated rings. The first-order chi connectivity index (χ1) is 12.6. The van der Waals surface area contributed by atoms with E-state index in [1.165, 1.54) is 0 Å². The van der Waals surface area contributed by atoms with Crippen LogP contribution in [0.4, 0.5) is 17.6 Å². The van der Waals surface area contributed by atoms with E-state index in [0.717, 1.165) is 10.2 Å². The summed E-state index contributed by atoms with van der Waals surface area (Å²) in [5.74, 6) is 1.23. The molecule has 4 rings (SSSR count). The summed E-state index contributed by atoms with van der Waals surface area (Å²) in [6.45, 7) is 2.95. The Morgan fingerprint density at radius 3 is 2.77 bits per heavy atom. The van der Waals surface area contributed by atoms with Crippen molar-refractivity contribution in [2.45, 2.75) is 6.92 Å². The van der Waals surface area contributed by atoms with Crippen LogP contribution in [0.25, 0.3) is 0 Å². The molecule has 1 aliphatic rings. The number of aromatic nitrogens is 3. The van der Waals surface area contributed by atoms with Crippen LogP contribution in [0.1, 0.15) is 15.9 Å². The van der Waals surface area contributed by atoms with E-state index in [-0.39, 0.29) is 17.8 Å². The van der Waals surface area contributed by atoms with Crippen molar-refractivity contribution in [2.24, 2.45) is 0 Å². The number of fused-ring (bicyclic) bond motifs is 1. The average Bonchev–Trinajstić information content (AvgIpc) is 3.01. The Balaban J connectivity index is 1.58. The number of carbonyl (C=O) groups is 1. The highest BCUT2D eigenvalue weighted by Crippen LogP contribution is 2.33. The molecule has 0 atom stereocenters. The molecular formula is C18H17N5O3. The Bertz CT molecular complexity index is 983. The fourth-order valence-corrected chi connectivity index (χ4v) is 2.68. The highest BCUT2D eigenvalue weighted by atomic mass is 16.6. The number of carbonyl (C=O) groups excluding carboxylic acids is 1. The molecule has 8 heteroatoms. The van der Waals surface area contributed by atoms with Crippen LogP contribution in [0.2, 0.25) is 0 Å². The van der Waals surface area contributed by atoms with Gasteiger partial charge in [-0.1, -0.05) is 17.7 Å². The fraction of sp³-hybridized carbons (Fsp3) is 0.167. The summed E-state index contributed by atoms with van der Waals surface area (Å²) in [5, 5.41) is 7.19. The van der Waals surface area contributed by atoms with Gasteiger partial charge in [0.15, 0.2) is 11.5 Å². The van der Waals surface area contributed by atoms with Crippen molar-refractivity contribution in [1.29, 1.82) is 0 Å². The van der Waals surface area contributed by atoms with Crippen LogP contribution < -0.4 is 20.5 Å². The Labute approximate surface area is 149 Å². The quantitative estimate of drug-likeness (QED) is 0.746. The van der Waals surface area contributed by atoms with Crippen molar-refractivity contribution in [1.82, 2.24) is 14.8 Å². The zero-order valence-corrected chi connectivity index (χ0v) is 14.1. The molecule has 0 aliphatic carbocycles. The summed E-state index contributed by atoms with van der Waals surface area (Å²) in [6, 6.07) is 12.6. The highest BCUT2D eigenvalue weighted by Gasteiger charge is 2.17. The summed E-state index contributed by atoms with van der Waals surface area (Å²) >= 11 is 0. The number of nitrogens with zero attached hydrogens (tertiary/aromatic N) is 3. The van der Waals surface area contributed by atoms with E-state index in [4.69, 9.17) is 15.2 Å². The Kier molecular flexibility index (Phi) is 3.92. The molecule has 0 saturated carbocycles. The van der Waals surface area contributed by atoms with Crippen LogP contribution in [0, 0.1) is 6.92 Å². The smallest absolute Gasteiger partial charge is 0.281 e. The Morgan fingerprint density at radius 1 is 1.15 bits per heavy atom. The second-order valence-corrected chi connectivity index (χ2v) is 5.86. The monoisotopic (exact) mass is 351 g/mol. The zero-order chi connectivity index (χ0) is 18.1. The van der Waals surface area contributed by atoms with Gasteiger partial charge in [0.05, 0.1) is 0 Å². The van der Waals surface area contributed by atoms with Gasteiger partial charge >= 0.3 is 0 Å². The van der Waals surface area contributed by atoms with Crippen molar-refractivity contribution in [3.05, 3.63) is 53.6 Å². The summed E-state index contributed by atoms with van der Waals surface area (Å²) in [5.41, 5.74) is 8.04. The summed E-state index contributed by atoms with van der Waals surface area (Å²) < 4.78 is 12.1. The first-order valence-corrected chi connectivity index (χ1v) is 8.11. The SMILES string of the molecule is Cc1cccc(C(=O)n2nc(Nc3ccc4c(c3)OCCO4)nc2N)c1. The molecule has 0 amide bonds. The van der Waals surface area contributed by atoms with Crippen LogP contribution in [-0.2, 0) is 0 Å². The second kappa shape index (κ2) is 6.40. The Morgan fingerprint density at radius 2 is 1.96 bits per heavy atom. The molecule has 26 heavy (non-hydrogen) atoms. The first-order valence-electron chi connectivity index (χ1n) is 8.11.